The number of rotatable bonds is 10. The standard InChI is InChI=1S/C29H36FN3O5/c1-2-3-4-20-13-15-29(16-14-20)19-32(24-11-9-23(30)10-12-24)28(38)33(29)18-21-5-7-22(8-6-21)26(35)31-17-25(34)27(36)37/h5-12,20,25,34H,2-4,13-19H2,1H3,(H,31,35)(H,36,37). The average molecular weight is 526 g/mol. The summed E-state index contributed by atoms with van der Waals surface area (Å²) in [6.07, 6.45) is 5.92. The number of aliphatic hydroxyl groups excluding tert-OH is 1. The SMILES string of the molecule is CCCCC1CCC2(CC1)CN(c1ccc(F)cc1)C(=O)N2Cc1ccc(C(=O)NCC(O)C(=O)O)cc1. The van der Waals surface area contributed by atoms with E-state index >= 15 is 0 Å². The number of aliphatic hydroxyl groups is 1. The number of carbonyl (C=O) groups is 3. The molecule has 1 unspecified atom stereocenters. The van der Waals surface area contributed by atoms with Crippen molar-refractivity contribution in [3.8, 4) is 0 Å². The summed E-state index contributed by atoms with van der Waals surface area (Å²) in [7, 11) is 0. The number of hydrogen-bond acceptors (Lipinski definition) is 4. The molecule has 1 atom stereocenters. The van der Waals surface area contributed by atoms with Gasteiger partial charge in [-0.3, -0.25) is 9.69 Å². The van der Waals surface area contributed by atoms with Crippen LogP contribution in [0.5, 0.6) is 0 Å². The molecule has 8 nitrogen and oxygen atoms in total. The molecule has 2 aromatic carbocycles. The van der Waals surface area contributed by atoms with Crippen LogP contribution in [-0.2, 0) is 11.3 Å². The highest BCUT2D eigenvalue weighted by molar-refractivity contribution is 5.96. The van der Waals surface area contributed by atoms with E-state index in [0.717, 1.165) is 31.2 Å². The van der Waals surface area contributed by atoms with Gasteiger partial charge < -0.3 is 20.4 Å². The minimum Gasteiger partial charge on any atom is -0.479 e. The second kappa shape index (κ2) is 11.9. The van der Waals surface area contributed by atoms with Crippen LogP contribution in [-0.4, -0.2) is 57.8 Å². The van der Waals surface area contributed by atoms with Gasteiger partial charge >= 0.3 is 12.0 Å². The molecule has 2 aliphatic rings. The van der Waals surface area contributed by atoms with Crippen LogP contribution in [0.2, 0.25) is 0 Å². The molecule has 38 heavy (non-hydrogen) atoms. The predicted molar refractivity (Wildman–Crippen MR) is 141 cm³/mol. The molecular weight excluding hydrogens is 489 g/mol. The fraction of sp³-hybridized carbons (Fsp3) is 0.483. The molecule has 0 aromatic heterocycles. The molecule has 4 rings (SSSR count). The van der Waals surface area contributed by atoms with E-state index in [4.69, 9.17) is 5.11 Å². The normalized spacial score (nSPS) is 22.1. The molecule has 204 valence electrons. The van der Waals surface area contributed by atoms with Crippen molar-refractivity contribution in [3.05, 3.63) is 65.5 Å². The van der Waals surface area contributed by atoms with Gasteiger partial charge in [-0.2, -0.15) is 0 Å². The molecule has 1 aliphatic carbocycles. The van der Waals surface area contributed by atoms with Crippen molar-refractivity contribution in [3.63, 3.8) is 0 Å². The van der Waals surface area contributed by atoms with Gasteiger partial charge in [-0.15, -0.1) is 0 Å². The molecule has 0 radical (unpaired) electrons. The maximum atomic E-state index is 13.7. The van der Waals surface area contributed by atoms with E-state index in [9.17, 15) is 23.9 Å². The maximum absolute atomic E-state index is 13.7. The minimum atomic E-state index is -1.67. The Balaban J connectivity index is 1.50. The summed E-state index contributed by atoms with van der Waals surface area (Å²) in [4.78, 5) is 40.5. The van der Waals surface area contributed by atoms with Crippen molar-refractivity contribution in [1.82, 2.24) is 10.2 Å². The highest BCUT2D eigenvalue weighted by atomic mass is 19.1. The molecule has 3 N–H and O–H groups in total. The van der Waals surface area contributed by atoms with Crippen LogP contribution in [0.25, 0.3) is 0 Å². The summed E-state index contributed by atoms with van der Waals surface area (Å²) in [5, 5.41) is 20.5. The van der Waals surface area contributed by atoms with Crippen LogP contribution in [0.4, 0.5) is 14.9 Å². The Morgan fingerprint density at radius 1 is 1.11 bits per heavy atom. The van der Waals surface area contributed by atoms with Crippen molar-refractivity contribution >= 4 is 23.6 Å². The first-order valence-electron chi connectivity index (χ1n) is 13.3. The molecule has 3 amide bonds. The number of carboxylic acids is 1. The summed E-state index contributed by atoms with van der Waals surface area (Å²) < 4.78 is 13.6. The van der Waals surface area contributed by atoms with Gasteiger partial charge in [0.1, 0.15) is 5.82 Å². The third-order valence-electron chi connectivity index (χ3n) is 7.92. The number of halogens is 1. The van der Waals surface area contributed by atoms with E-state index in [-0.39, 0.29) is 23.9 Å². The van der Waals surface area contributed by atoms with E-state index in [1.165, 1.54) is 31.4 Å². The minimum absolute atomic E-state index is 0.104. The summed E-state index contributed by atoms with van der Waals surface area (Å²) in [5.41, 5.74) is 1.58. The summed E-state index contributed by atoms with van der Waals surface area (Å²) >= 11 is 0. The average Bonchev–Trinajstić information content (AvgIpc) is 3.18. The number of nitrogens with one attached hydrogen (secondary N) is 1. The lowest BCUT2D eigenvalue weighted by molar-refractivity contribution is -0.146. The van der Waals surface area contributed by atoms with E-state index in [1.807, 2.05) is 4.90 Å². The van der Waals surface area contributed by atoms with Crippen LogP contribution >= 0.6 is 0 Å². The van der Waals surface area contributed by atoms with E-state index < -0.39 is 18.0 Å². The van der Waals surface area contributed by atoms with Gasteiger partial charge in [0, 0.05) is 17.8 Å². The molecule has 1 aliphatic heterocycles. The van der Waals surface area contributed by atoms with Crippen LogP contribution in [0.1, 0.15) is 67.8 Å². The van der Waals surface area contributed by atoms with Crippen molar-refractivity contribution in [2.24, 2.45) is 5.92 Å². The van der Waals surface area contributed by atoms with Crippen molar-refractivity contribution in [2.45, 2.75) is 70.1 Å². The Hall–Kier alpha value is -3.46. The summed E-state index contributed by atoms with van der Waals surface area (Å²) in [6.45, 7) is 2.76. The second-order valence-corrected chi connectivity index (χ2v) is 10.5. The molecule has 1 spiro atoms. The first-order valence-corrected chi connectivity index (χ1v) is 13.3. The number of nitrogens with zero attached hydrogens (tertiary/aromatic N) is 2. The predicted octanol–water partition coefficient (Wildman–Crippen LogP) is 4.56. The maximum Gasteiger partial charge on any atom is 0.334 e. The fourth-order valence-corrected chi connectivity index (χ4v) is 5.60. The second-order valence-electron chi connectivity index (χ2n) is 10.5. The van der Waals surface area contributed by atoms with Gasteiger partial charge in [-0.25, -0.2) is 14.0 Å². The van der Waals surface area contributed by atoms with Gasteiger partial charge in [0.2, 0.25) is 0 Å². The first-order chi connectivity index (χ1) is 18.2. The number of carbonyl (C=O) groups excluding carboxylic acids is 2. The topological polar surface area (TPSA) is 110 Å². The Morgan fingerprint density at radius 2 is 1.76 bits per heavy atom. The van der Waals surface area contributed by atoms with Gasteiger partial charge in [0.05, 0.1) is 18.6 Å². The Bertz CT molecular complexity index is 1130. The molecule has 1 saturated heterocycles. The van der Waals surface area contributed by atoms with Gasteiger partial charge in [0.15, 0.2) is 6.10 Å². The van der Waals surface area contributed by atoms with Gasteiger partial charge in [0.25, 0.3) is 5.91 Å². The molecule has 2 aromatic rings. The quantitative estimate of drug-likeness (QED) is 0.421. The van der Waals surface area contributed by atoms with Crippen LogP contribution in [0.3, 0.4) is 0 Å². The smallest absolute Gasteiger partial charge is 0.334 e. The van der Waals surface area contributed by atoms with E-state index in [1.54, 1.807) is 41.3 Å². The zero-order chi connectivity index (χ0) is 27.3. The molecular formula is C29H36FN3O5. The summed E-state index contributed by atoms with van der Waals surface area (Å²) in [6, 6.07) is 12.8. The summed E-state index contributed by atoms with van der Waals surface area (Å²) in [5.74, 6) is -1.56. The number of anilines is 1. The number of carboxylic acid groups (broad SMARTS) is 1. The van der Waals surface area contributed by atoms with E-state index in [0.29, 0.717) is 30.3 Å². The molecule has 1 saturated carbocycles. The Morgan fingerprint density at radius 3 is 2.37 bits per heavy atom. The molecule has 0 bridgehead atoms. The highest BCUT2D eigenvalue weighted by Gasteiger charge is 2.51. The Kier molecular flexibility index (Phi) is 8.66. The molecule has 2 fully saturated rings. The number of benzene rings is 2. The fourth-order valence-electron chi connectivity index (χ4n) is 5.60. The lowest BCUT2D eigenvalue weighted by Crippen LogP contribution is -2.49. The molecule has 9 heteroatoms. The first kappa shape index (κ1) is 27.6. The zero-order valence-electron chi connectivity index (χ0n) is 21.7. The van der Waals surface area contributed by atoms with Crippen molar-refractivity contribution in [2.75, 3.05) is 18.0 Å². The number of aliphatic carboxylic acids is 1. The third kappa shape index (κ3) is 6.15. The third-order valence-corrected chi connectivity index (χ3v) is 7.92. The van der Waals surface area contributed by atoms with Crippen molar-refractivity contribution < 1.29 is 29.0 Å². The number of hydrogen-bond donors (Lipinski definition) is 3. The van der Waals surface area contributed by atoms with Crippen molar-refractivity contribution in [1.29, 1.82) is 0 Å². The van der Waals surface area contributed by atoms with E-state index in [2.05, 4.69) is 12.2 Å². The van der Waals surface area contributed by atoms with Crippen LogP contribution in [0.15, 0.2) is 48.5 Å². The highest BCUT2D eigenvalue weighted by Crippen LogP contribution is 2.44. The van der Waals surface area contributed by atoms with Crippen LogP contribution in [0, 0.1) is 11.7 Å². The lowest BCUT2D eigenvalue weighted by Gasteiger charge is -2.42. The van der Waals surface area contributed by atoms with Crippen LogP contribution < -0.4 is 10.2 Å². The van der Waals surface area contributed by atoms with Gasteiger partial charge in [-0.05, 0) is 73.6 Å². The number of amides is 3. The monoisotopic (exact) mass is 525 g/mol. The lowest BCUT2D eigenvalue weighted by atomic mass is 9.74. The number of urea groups is 1. The zero-order valence-corrected chi connectivity index (χ0v) is 21.7. The Labute approximate surface area is 222 Å². The molecule has 1 heterocycles. The number of unbranched alkanes of at least 4 members (excludes halogenated alkanes) is 1. The van der Waals surface area contributed by atoms with Gasteiger partial charge in [-0.1, -0.05) is 38.3 Å². The largest absolute Gasteiger partial charge is 0.479 e.